The van der Waals surface area contributed by atoms with Crippen molar-refractivity contribution in [2.75, 3.05) is 0 Å². The van der Waals surface area contributed by atoms with Gasteiger partial charge in [-0.15, -0.1) is 0 Å². The molecule has 9 heteroatoms. The van der Waals surface area contributed by atoms with Crippen LogP contribution in [0.15, 0.2) is 44.2 Å². The predicted octanol–water partition coefficient (Wildman–Crippen LogP) is 6.46. The molecule has 134 valence electrons. The molecule has 2 amide bonds. The summed E-state index contributed by atoms with van der Waals surface area (Å²) in [6.07, 6.45) is 1.49. The van der Waals surface area contributed by atoms with Crippen LogP contribution in [-0.4, -0.2) is 21.2 Å². The normalized spacial score (nSPS) is 16.0. The van der Waals surface area contributed by atoms with Crippen molar-refractivity contribution in [1.29, 1.82) is 0 Å². The first-order valence-corrected chi connectivity index (χ1v) is 10.3. The summed E-state index contributed by atoms with van der Waals surface area (Å²) in [4.78, 5) is 26.2. The molecule has 0 radical (unpaired) electrons. The van der Waals surface area contributed by atoms with Gasteiger partial charge in [-0.2, -0.15) is 0 Å². The Hall–Kier alpha value is -0.990. The van der Waals surface area contributed by atoms with E-state index in [4.69, 9.17) is 23.2 Å². The fourth-order valence-electron chi connectivity index (χ4n) is 2.29. The summed E-state index contributed by atoms with van der Waals surface area (Å²) in [6, 6.07) is 8.29. The Kier molecular flexibility index (Phi) is 6.04. The van der Waals surface area contributed by atoms with Gasteiger partial charge >= 0.3 is 0 Å². The maximum atomic E-state index is 12.6. The van der Waals surface area contributed by atoms with Crippen LogP contribution in [0.3, 0.4) is 0 Å². The third-order valence-electron chi connectivity index (χ3n) is 3.54. The minimum atomic E-state index is -0.429. The molecule has 4 nitrogen and oxygen atoms in total. The first-order chi connectivity index (χ1) is 12.3. The molecule has 0 spiro atoms. The molecule has 26 heavy (non-hydrogen) atoms. The maximum absolute atomic E-state index is 12.6. The first-order valence-electron chi connectivity index (χ1n) is 7.13. The van der Waals surface area contributed by atoms with Crippen molar-refractivity contribution in [3.8, 4) is 5.75 Å². The van der Waals surface area contributed by atoms with E-state index in [0.717, 1.165) is 21.1 Å². The van der Waals surface area contributed by atoms with E-state index in [1.165, 1.54) is 6.08 Å². The summed E-state index contributed by atoms with van der Waals surface area (Å²) in [7, 11) is 0. The summed E-state index contributed by atoms with van der Waals surface area (Å²) in [5.74, 6) is -0.439. The van der Waals surface area contributed by atoms with Gasteiger partial charge in [0.2, 0.25) is 0 Å². The number of carbonyl (C=O) groups excluding carboxylic acids is 2. The van der Waals surface area contributed by atoms with E-state index in [0.29, 0.717) is 25.6 Å². The van der Waals surface area contributed by atoms with Crippen LogP contribution in [0.2, 0.25) is 10.0 Å². The monoisotopic (exact) mass is 535 g/mol. The number of hydrogen-bond acceptors (Lipinski definition) is 4. The van der Waals surface area contributed by atoms with Gasteiger partial charge in [-0.05, 0) is 63.6 Å². The third kappa shape index (κ3) is 4.12. The summed E-state index contributed by atoms with van der Waals surface area (Å²) in [6.45, 7) is 0.0903. The number of halogens is 4. The standard InChI is InChI=1S/C17H9Br2Cl2NO3S/c18-10-4-9(15(23)11(19)6-10)5-14-16(24)22(17(25)26-14)7-8-1-2-12(20)13(21)3-8/h1-6,23H,7H2/b14-5-. The molecule has 2 aromatic carbocycles. The highest BCUT2D eigenvalue weighted by Gasteiger charge is 2.35. The molecular weight excluding hydrogens is 529 g/mol. The third-order valence-corrected chi connectivity index (χ3v) is 6.25. The first kappa shape index (κ1) is 19.8. The Labute approximate surface area is 180 Å². The molecular formula is C17H9Br2Cl2NO3S. The minimum Gasteiger partial charge on any atom is -0.506 e. The van der Waals surface area contributed by atoms with Crippen molar-refractivity contribution < 1.29 is 14.7 Å². The molecule has 1 aliphatic rings. The molecule has 0 aromatic heterocycles. The number of rotatable bonds is 3. The lowest BCUT2D eigenvalue weighted by atomic mass is 10.1. The summed E-state index contributed by atoms with van der Waals surface area (Å²) in [5, 5.41) is 10.5. The van der Waals surface area contributed by atoms with Crippen molar-refractivity contribution in [1.82, 2.24) is 4.90 Å². The smallest absolute Gasteiger partial charge is 0.293 e. The number of hydrogen-bond donors (Lipinski definition) is 1. The summed E-state index contributed by atoms with van der Waals surface area (Å²) in [5.41, 5.74) is 1.11. The van der Waals surface area contributed by atoms with Crippen LogP contribution < -0.4 is 0 Å². The highest BCUT2D eigenvalue weighted by Crippen LogP contribution is 2.38. The van der Waals surface area contributed by atoms with E-state index >= 15 is 0 Å². The van der Waals surface area contributed by atoms with E-state index < -0.39 is 5.91 Å². The van der Waals surface area contributed by atoms with Gasteiger partial charge in [-0.1, -0.05) is 45.2 Å². The Morgan fingerprint density at radius 3 is 2.54 bits per heavy atom. The van der Waals surface area contributed by atoms with Gasteiger partial charge in [-0.25, -0.2) is 0 Å². The van der Waals surface area contributed by atoms with Crippen LogP contribution in [0.1, 0.15) is 11.1 Å². The highest BCUT2D eigenvalue weighted by molar-refractivity contribution is 9.11. The fourth-order valence-corrected chi connectivity index (χ4v) is 4.70. The van der Waals surface area contributed by atoms with Crippen molar-refractivity contribution in [2.24, 2.45) is 0 Å². The number of phenols is 1. The number of phenolic OH excluding ortho intramolecular Hbond substituents is 1. The van der Waals surface area contributed by atoms with E-state index in [1.54, 1.807) is 30.3 Å². The largest absolute Gasteiger partial charge is 0.506 e. The zero-order valence-electron chi connectivity index (χ0n) is 12.8. The average Bonchev–Trinajstić information content (AvgIpc) is 2.83. The number of thioether (sulfide) groups is 1. The fraction of sp³-hybridized carbons (Fsp3) is 0.0588. The average molecular weight is 538 g/mol. The minimum absolute atomic E-state index is 0.00974. The van der Waals surface area contributed by atoms with Crippen LogP contribution >= 0.6 is 66.8 Å². The summed E-state index contributed by atoms with van der Waals surface area (Å²) < 4.78 is 1.21. The molecule has 0 atom stereocenters. The zero-order chi connectivity index (χ0) is 19.0. The second-order valence-electron chi connectivity index (χ2n) is 5.34. The molecule has 0 bridgehead atoms. The van der Waals surface area contributed by atoms with Crippen LogP contribution in [0.4, 0.5) is 4.79 Å². The summed E-state index contributed by atoms with van der Waals surface area (Å²) >= 11 is 19.3. The van der Waals surface area contributed by atoms with Gasteiger partial charge in [0, 0.05) is 10.0 Å². The van der Waals surface area contributed by atoms with Gasteiger partial charge in [0.05, 0.1) is 26.0 Å². The number of nitrogens with zero attached hydrogens (tertiary/aromatic N) is 1. The molecule has 1 aliphatic heterocycles. The molecule has 2 aromatic rings. The Balaban J connectivity index is 1.88. The molecule has 1 N–H and O–H groups in total. The number of imide groups is 1. The lowest BCUT2D eigenvalue weighted by Crippen LogP contribution is -2.27. The van der Waals surface area contributed by atoms with Gasteiger partial charge in [0.15, 0.2) is 0 Å². The zero-order valence-corrected chi connectivity index (χ0v) is 18.3. The lowest BCUT2D eigenvalue weighted by molar-refractivity contribution is -0.123. The molecule has 1 saturated heterocycles. The topological polar surface area (TPSA) is 57.6 Å². The van der Waals surface area contributed by atoms with Crippen molar-refractivity contribution in [2.45, 2.75) is 6.54 Å². The molecule has 1 fully saturated rings. The van der Waals surface area contributed by atoms with Crippen molar-refractivity contribution >= 4 is 84.0 Å². The second-order valence-corrected chi connectivity index (χ2v) is 8.92. The maximum Gasteiger partial charge on any atom is 0.293 e. The predicted molar refractivity (Wildman–Crippen MR) is 111 cm³/mol. The highest BCUT2D eigenvalue weighted by atomic mass is 79.9. The Morgan fingerprint density at radius 2 is 1.85 bits per heavy atom. The number of aromatic hydroxyl groups is 1. The van der Waals surface area contributed by atoms with Crippen molar-refractivity contribution in [3.63, 3.8) is 0 Å². The van der Waals surface area contributed by atoms with E-state index in [9.17, 15) is 14.7 Å². The van der Waals surface area contributed by atoms with Crippen LogP contribution in [0.5, 0.6) is 5.75 Å². The number of amides is 2. The van der Waals surface area contributed by atoms with Crippen LogP contribution in [0, 0.1) is 0 Å². The van der Waals surface area contributed by atoms with Crippen LogP contribution in [-0.2, 0) is 11.3 Å². The Morgan fingerprint density at radius 1 is 1.12 bits per heavy atom. The quantitative estimate of drug-likeness (QED) is 0.456. The van der Waals surface area contributed by atoms with Gasteiger partial charge in [0.25, 0.3) is 11.1 Å². The molecule has 0 aliphatic carbocycles. The number of benzene rings is 2. The molecule has 1 heterocycles. The number of carbonyl (C=O) groups is 2. The molecule has 0 saturated carbocycles. The van der Waals surface area contributed by atoms with Crippen LogP contribution in [0.25, 0.3) is 6.08 Å². The van der Waals surface area contributed by atoms with Crippen molar-refractivity contribution in [3.05, 3.63) is 65.4 Å². The second kappa shape index (κ2) is 7.94. The van der Waals surface area contributed by atoms with E-state index in [1.807, 2.05) is 0 Å². The van der Waals surface area contributed by atoms with Gasteiger partial charge in [0.1, 0.15) is 5.75 Å². The van der Waals surface area contributed by atoms with Gasteiger partial charge in [-0.3, -0.25) is 14.5 Å². The van der Waals surface area contributed by atoms with Gasteiger partial charge < -0.3 is 5.11 Å². The van der Waals surface area contributed by atoms with E-state index in [2.05, 4.69) is 31.9 Å². The molecule has 3 rings (SSSR count). The SMILES string of the molecule is O=C1S/C(=C\c2cc(Br)cc(Br)c2O)C(=O)N1Cc1ccc(Cl)c(Cl)c1. The van der Waals surface area contributed by atoms with E-state index in [-0.39, 0.29) is 22.4 Å². The molecule has 0 unspecified atom stereocenters. The lowest BCUT2D eigenvalue weighted by Gasteiger charge is -2.13. The Bertz CT molecular complexity index is 965.